The molecule has 110 valence electrons. The monoisotopic (exact) mass is 288 g/mol. The quantitative estimate of drug-likeness (QED) is 0.831. The zero-order valence-corrected chi connectivity index (χ0v) is 11.7. The number of hydrogen-bond donors (Lipinski definition) is 2. The molecule has 0 atom stereocenters. The summed E-state index contributed by atoms with van der Waals surface area (Å²) < 4.78 is 18.4. The van der Waals surface area contributed by atoms with Gasteiger partial charge in [-0.15, -0.1) is 0 Å². The van der Waals surface area contributed by atoms with Crippen molar-refractivity contribution >= 4 is 11.6 Å². The van der Waals surface area contributed by atoms with Crippen LogP contribution in [0.25, 0.3) is 0 Å². The summed E-state index contributed by atoms with van der Waals surface area (Å²) in [4.78, 5) is 12.0. The van der Waals surface area contributed by atoms with Crippen molar-refractivity contribution in [1.82, 2.24) is 5.32 Å². The van der Waals surface area contributed by atoms with E-state index in [9.17, 15) is 9.18 Å². The summed E-state index contributed by atoms with van der Waals surface area (Å²) in [5, 5.41) is 2.73. The minimum Gasteiger partial charge on any atom is -0.396 e. The summed E-state index contributed by atoms with van der Waals surface area (Å²) in [5.41, 5.74) is 7.53. The summed E-state index contributed by atoms with van der Waals surface area (Å²) in [7, 11) is 1.63. The van der Waals surface area contributed by atoms with Gasteiger partial charge in [0.15, 0.2) is 0 Å². The van der Waals surface area contributed by atoms with Gasteiger partial charge in [0, 0.05) is 13.7 Å². The Morgan fingerprint density at radius 1 is 1.24 bits per heavy atom. The minimum atomic E-state index is -0.593. The number of hydrogen-bond acceptors (Lipinski definition) is 3. The molecule has 2 aromatic rings. The lowest BCUT2D eigenvalue weighted by Gasteiger charge is -2.09. The van der Waals surface area contributed by atoms with Gasteiger partial charge >= 0.3 is 0 Å². The Hall–Kier alpha value is -2.40. The summed E-state index contributed by atoms with van der Waals surface area (Å²) in [6, 6.07) is 11.9. The first-order chi connectivity index (χ1) is 10.1. The van der Waals surface area contributed by atoms with E-state index < -0.39 is 11.7 Å². The molecule has 4 nitrogen and oxygen atoms in total. The fraction of sp³-hybridized carbons (Fsp3) is 0.188. The van der Waals surface area contributed by atoms with E-state index in [4.69, 9.17) is 10.5 Å². The van der Waals surface area contributed by atoms with Crippen LogP contribution >= 0.6 is 0 Å². The number of carbonyl (C=O) groups excluding carboxylic acids is 1. The number of para-hydroxylation sites is 1. The lowest BCUT2D eigenvalue weighted by Crippen LogP contribution is -2.24. The number of ether oxygens (including phenoxy) is 1. The third kappa shape index (κ3) is 3.79. The number of benzene rings is 2. The van der Waals surface area contributed by atoms with Gasteiger partial charge in [-0.05, 0) is 23.3 Å². The summed E-state index contributed by atoms with van der Waals surface area (Å²) in [6.45, 7) is 0.852. The molecule has 0 saturated carbocycles. The lowest BCUT2D eigenvalue weighted by atomic mass is 10.1. The normalized spacial score (nSPS) is 10.4. The topological polar surface area (TPSA) is 64.3 Å². The fourth-order valence-electron chi connectivity index (χ4n) is 2.01. The van der Waals surface area contributed by atoms with Gasteiger partial charge < -0.3 is 15.8 Å². The maximum atomic E-state index is 13.3. The molecule has 21 heavy (non-hydrogen) atoms. The van der Waals surface area contributed by atoms with Gasteiger partial charge in [0.05, 0.1) is 17.9 Å². The predicted molar refractivity (Wildman–Crippen MR) is 79.1 cm³/mol. The molecule has 0 unspecified atom stereocenters. The van der Waals surface area contributed by atoms with Crippen LogP contribution in [0, 0.1) is 5.82 Å². The molecule has 5 heteroatoms. The van der Waals surface area contributed by atoms with E-state index in [0.717, 1.165) is 11.1 Å². The van der Waals surface area contributed by atoms with Gasteiger partial charge in [0.1, 0.15) is 5.82 Å². The van der Waals surface area contributed by atoms with Crippen LogP contribution in [-0.4, -0.2) is 13.0 Å². The van der Waals surface area contributed by atoms with Gasteiger partial charge in [0.2, 0.25) is 0 Å². The van der Waals surface area contributed by atoms with Crippen molar-refractivity contribution in [2.45, 2.75) is 13.2 Å². The molecule has 0 fully saturated rings. The second kappa shape index (κ2) is 6.85. The van der Waals surface area contributed by atoms with E-state index >= 15 is 0 Å². The maximum Gasteiger partial charge on any atom is 0.253 e. The Morgan fingerprint density at radius 3 is 2.71 bits per heavy atom. The Labute approximate surface area is 122 Å². The van der Waals surface area contributed by atoms with Crippen molar-refractivity contribution < 1.29 is 13.9 Å². The predicted octanol–water partition coefficient (Wildman–Crippen LogP) is 2.48. The number of nitrogens with two attached hydrogens (primary N) is 1. The molecule has 0 saturated heterocycles. The Kier molecular flexibility index (Phi) is 4.90. The molecule has 2 aromatic carbocycles. The number of nitrogens with one attached hydrogen (secondary N) is 1. The Morgan fingerprint density at radius 2 is 1.95 bits per heavy atom. The largest absolute Gasteiger partial charge is 0.396 e. The Bertz CT molecular complexity index is 644. The number of halogens is 1. The first-order valence-corrected chi connectivity index (χ1v) is 6.50. The van der Waals surface area contributed by atoms with Crippen LogP contribution in [0.15, 0.2) is 42.5 Å². The molecule has 0 heterocycles. The van der Waals surface area contributed by atoms with Crippen LogP contribution in [0.3, 0.4) is 0 Å². The summed E-state index contributed by atoms with van der Waals surface area (Å²) in [6.07, 6.45) is 0. The zero-order valence-electron chi connectivity index (χ0n) is 11.7. The highest BCUT2D eigenvalue weighted by atomic mass is 19.1. The zero-order chi connectivity index (χ0) is 15.2. The number of methoxy groups -OCH3 is 1. The standard InChI is InChI=1S/C16H17FN2O2/c1-21-10-12-5-2-4-11(8-12)9-19-16(20)13-6-3-7-14(17)15(13)18/h2-8H,9-10,18H2,1H3,(H,19,20). The summed E-state index contributed by atoms with van der Waals surface area (Å²) in [5.74, 6) is -0.992. The molecular formula is C16H17FN2O2. The molecule has 3 N–H and O–H groups in total. The lowest BCUT2D eigenvalue weighted by molar-refractivity contribution is 0.0951. The van der Waals surface area contributed by atoms with Crippen molar-refractivity contribution in [3.8, 4) is 0 Å². The second-order valence-electron chi connectivity index (χ2n) is 4.64. The minimum absolute atomic E-state index is 0.136. The van der Waals surface area contributed by atoms with Crippen LogP contribution in [0.5, 0.6) is 0 Å². The van der Waals surface area contributed by atoms with Crippen LogP contribution in [0.4, 0.5) is 10.1 Å². The van der Waals surface area contributed by atoms with Crippen LogP contribution in [0.2, 0.25) is 0 Å². The van der Waals surface area contributed by atoms with Crippen LogP contribution < -0.4 is 11.1 Å². The number of amides is 1. The van der Waals surface area contributed by atoms with Crippen molar-refractivity contribution in [1.29, 1.82) is 0 Å². The highest BCUT2D eigenvalue weighted by Gasteiger charge is 2.12. The van der Waals surface area contributed by atoms with Crippen molar-refractivity contribution in [3.05, 3.63) is 65.0 Å². The van der Waals surface area contributed by atoms with Crippen molar-refractivity contribution in [3.63, 3.8) is 0 Å². The van der Waals surface area contributed by atoms with E-state index in [1.54, 1.807) is 7.11 Å². The summed E-state index contributed by atoms with van der Waals surface area (Å²) >= 11 is 0. The van der Waals surface area contributed by atoms with Crippen molar-refractivity contribution in [2.24, 2.45) is 0 Å². The second-order valence-corrected chi connectivity index (χ2v) is 4.64. The van der Waals surface area contributed by atoms with E-state index in [2.05, 4.69) is 5.32 Å². The molecule has 0 aromatic heterocycles. The number of rotatable bonds is 5. The number of anilines is 1. The molecule has 0 aliphatic carbocycles. The van der Waals surface area contributed by atoms with Gasteiger partial charge in [-0.3, -0.25) is 4.79 Å². The molecule has 0 bridgehead atoms. The fourth-order valence-corrected chi connectivity index (χ4v) is 2.01. The Balaban J connectivity index is 2.04. The highest BCUT2D eigenvalue weighted by Crippen LogP contribution is 2.15. The SMILES string of the molecule is COCc1cccc(CNC(=O)c2cccc(F)c2N)c1. The maximum absolute atomic E-state index is 13.3. The third-order valence-electron chi connectivity index (χ3n) is 3.05. The van der Waals surface area contributed by atoms with Crippen molar-refractivity contribution in [2.75, 3.05) is 12.8 Å². The molecule has 2 rings (SSSR count). The number of carbonyl (C=O) groups is 1. The van der Waals surface area contributed by atoms with Gasteiger partial charge in [-0.2, -0.15) is 0 Å². The molecule has 0 aliphatic heterocycles. The molecule has 0 spiro atoms. The van der Waals surface area contributed by atoms with Crippen LogP contribution in [-0.2, 0) is 17.9 Å². The molecule has 0 radical (unpaired) electrons. The molecule has 0 aliphatic rings. The van der Waals surface area contributed by atoms with E-state index in [1.165, 1.54) is 18.2 Å². The van der Waals surface area contributed by atoms with Gasteiger partial charge in [-0.25, -0.2) is 4.39 Å². The highest BCUT2D eigenvalue weighted by molar-refractivity contribution is 5.99. The third-order valence-corrected chi connectivity index (χ3v) is 3.05. The first kappa shape index (κ1) is 15.0. The smallest absolute Gasteiger partial charge is 0.253 e. The van der Waals surface area contributed by atoms with E-state index in [0.29, 0.717) is 13.2 Å². The average molecular weight is 288 g/mol. The molecule has 1 amide bonds. The molecular weight excluding hydrogens is 271 g/mol. The van der Waals surface area contributed by atoms with Gasteiger partial charge in [-0.1, -0.05) is 30.3 Å². The average Bonchev–Trinajstić information content (AvgIpc) is 2.48. The van der Waals surface area contributed by atoms with E-state index in [-0.39, 0.29) is 11.3 Å². The van der Waals surface area contributed by atoms with Gasteiger partial charge in [0.25, 0.3) is 5.91 Å². The van der Waals surface area contributed by atoms with Crippen LogP contribution in [0.1, 0.15) is 21.5 Å². The van der Waals surface area contributed by atoms with E-state index in [1.807, 2.05) is 24.3 Å². The number of nitrogen functional groups attached to an aromatic ring is 1. The first-order valence-electron chi connectivity index (χ1n) is 6.50.